The summed E-state index contributed by atoms with van der Waals surface area (Å²) in [7, 11) is 0. The highest BCUT2D eigenvalue weighted by molar-refractivity contribution is 5.58. The van der Waals surface area contributed by atoms with Crippen molar-refractivity contribution in [2.24, 2.45) is 0 Å². The van der Waals surface area contributed by atoms with E-state index in [9.17, 15) is 10.4 Å². The van der Waals surface area contributed by atoms with Crippen molar-refractivity contribution in [3.05, 3.63) is 28.8 Å². The SMILES string of the molecule is CCCc1c(N(O)O)cc(C(C)(C)C)cc1C(C)(C)C. The molecule has 0 saturated heterocycles. The van der Waals surface area contributed by atoms with Gasteiger partial charge in [0.15, 0.2) is 0 Å². The Labute approximate surface area is 123 Å². The molecule has 114 valence electrons. The number of hydrogen-bond acceptors (Lipinski definition) is 3. The predicted molar refractivity (Wildman–Crippen MR) is 83.9 cm³/mol. The molecule has 1 rings (SSSR count). The summed E-state index contributed by atoms with van der Waals surface area (Å²) in [5, 5.41) is 19.5. The van der Waals surface area contributed by atoms with Crippen LogP contribution in [0.4, 0.5) is 5.69 Å². The lowest BCUT2D eigenvalue weighted by Gasteiger charge is -2.30. The van der Waals surface area contributed by atoms with Gasteiger partial charge in [-0.2, -0.15) is 0 Å². The molecule has 0 aliphatic heterocycles. The minimum absolute atomic E-state index is 0.0312. The highest BCUT2D eigenvalue weighted by Gasteiger charge is 2.25. The molecule has 2 N–H and O–H groups in total. The number of benzene rings is 1. The summed E-state index contributed by atoms with van der Waals surface area (Å²) >= 11 is 0. The molecule has 0 spiro atoms. The van der Waals surface area contributed by atoms with Crippen LogP contribution >= 0.6 is 0 Å². The molecule has 1 aromatic rings. The Morgan fingerprint density at radius 1 is 0.950 bits per heavy atom. The second-order valence-electron chi connectivity index (χ2n) is 7.56. The lowest BCUT2D eigenvalue weighted by atomic mass is 9.77. The molecule has 0 fully saturated rings. The van der Waals surface area contributed by atoms with Crippen LogP contribution in [0.1, 0.15) is 71.6 Å². The van der Waals surface area contributed by atoms with Gasteiger partial charge in [-0.1, -0.05) is 61.0 Å². The van der Waals surface area contributed by atoms with Crippen LogP contribution in [0.2, 0.25) is 0 Å². The molecule has 0 radical (unpaired) electrons. The maximum Gasteiger partial charge on any atom is 0.0980 e. The normalized spacial score (nSPS) is 12.7. The maximum absolute atomic E-state index is 9.60. The minimum Gasteiger partial charge on any atom is -0.264 e. The van der Waals surface area contributed by atoms with E-state index in [1.807, 2.05) is 6.07 Å². The Balaban J connectivity index is 3.64. The van der Waals surface area contributed by atoms with Gasteiger partial charge in [-0.15, -0.1) is 5.23 Å². The van der Waals surface area contributed by atoms with Gasteiger partial charge in [-0.3, -0.25) is 10.4 Å². The van der Waals surface area contributed by atoms with Crippen molar-refractivity contribution in [3.8, 4) is 0 Å². The zero-order chi connectivity index (χ0) is 15.7. The zero-order valence-electron chi connectivity index (χ0n) is 13.9. The van der Waals surface area contributed by atoms with Crippen molar-refractivity contribution in [3.63, 3.8) is 0 Å². The third-order valence-corrected chi connectivity index (χ3v) is 3.62. The summed E-state index contributed by atoms with van der Waals surface area (Å²) in [6, 6.07) is 4.11. The molecule has 20 heavy (non-hydrogen) atoms. The quantitative estimate of drug-likeness (QED) is 0.780. The van der Waals surface area contributed by atoms with Crippen LogP contribution in [-0.4, -0.2) is 10.4 Å². The van der Waals surface area contributed by atoms with Gasteiger partial charge in [0.25, 0.3) is 0 Å². The molecule has 0 aliphatic carbocycles. The first-order chi connectivity index (χ1) is 8.98. The summed E-state index contributed by atoms with van der Waals surface area (Å²) in [6.07, 6.45) is 1.81. The van der Waals surface area contributed by atoms with E-state index >= 15 is 0 Å². The molecule has 0 bridgehead atoms. The van der Waals surface area contributed by atoms with Gasteiger partial charge in [-0.25, -0.2) is 0 Å². The minimum atomic E-state index is -0.0322. The maximum atomic E-state index is 9.60. The zero-order valence-corrected chi connectivity index (χ0v) is 13.9. The molecule has 1 aromatic carbocycles. The Morgan fingerprint density at radius 2 is 1.50 bits per heavy atom. The molecule has 0 unspecified atom stereocenters. The summed E-state index contributed by atoms with van der Waals surface area (Å²) in [5.74, 6) is 0. The molecule has 0 amide bonds. The molecule has 0 heterocycles. The summed E-state index contributed by atoms with van der Waals surface area (Å²) in [5.41, 5.74) is 3.77. The van der Waals surface area contributed by atoms with Crippen molar-refractivity contribution in [1.29, 1.82) is 0 Å². The van der Waals surface area contributed by atoms with Gasteiger partial charge in [-0.05, 0) is 40.0 Å². The lowest BCUT2D eigenvalue weighted by molar-refractivity contribution is 0.0285. The van der Waals surface area contributed by atoms with Gasteiger partial charge >= 0.3 is 0 Å². The van der Waals surface area contributed by atoms with E-state index in [0.29, 0.717) is 5.69 Å². The number of nitrogens with zero attached hydrogens (tertiary/aromatic N) is 1. The molecule has 3 heteroatoms. The lowest BCUT2D eigenvalue weighted by Crippen LogP contribution is -2.23. The molecular formula is C17H29NO2. The average molecular weight is 279 g/mol. The molecular weight excluding hydrogens is 250 g/mol. The second-order valence-corrected chi connectivity index (χ2v) is 7.56. The predicted octanol–water partition coefficient (Wildman–Crippen LogP) is 4.82. The third kappa shape index (κ3) is 3.74. The topological polar surface area (TPSA) is 43.7 Å². The van der Waals surface area contributed by atoms with Crippen molar-refractivity contribution in [2.75, 3.05) is 5.23 Å². The first-order valence-corrected chi connectivity index (χ1v) is 7.34. The smallest absolute Gasteiger partial charge is 0.0980 e. The molecule has 0 saturated carbocycles. The fourth-order valence-electron chi connectivity index (χ4n) is 2.45. The number of hydrogen-bond donors (Lipinski definition) is 2. The van der Waals surface area contributed by atoms with Crippen LogP contribution in [0.5, 0.6) is 0 Å². The first kappa shape index (κ1) is 17.0. The van der Waals surface area contributed by atoms with E-state index in [-0.39, 0.29) is 16.1 Å². The Hall–Kier alpha value is -1.06. The average Bonchev–Trinajstić information content (AvgIpc) is 2.26. The van der Waals surface area contributed by atoms with Gasteiger partial charge < -0.3 is 0 Å². The fraction of sp³-hybridized carbons (Fsp3) is 0.647. The Morgan fingerprint density at radius 3 is 1.85 bits per heavy atom. The van der Waals surface area contributed by atoms with Crippen molar-refractivity contribution in [2.45, 2.75) is 72.1 Å². The monoisotopic (exact) mass is 279 g/mol. The van der Waals surface area contributed by atoms with E-state index in [1.54, 1.807) is 0 Å². The molecule has 0 aliphatic rings. The highest BCUT2D eigenvalue weighted by Crippen LogP contribution is 2.37. The molecule has 0 atom stereocenters. The van der Waals surface area contributed by atoms with E-state index in [0.717, 1.165) is 24.0 Å². The Bertz CT molecular complexity index is 465. The van der Waals surface area contributed by atoms with Crippen LogP contribution in [0.25, 0.3) is 0 Å². The third-order valence-electron chi connectivity index (χ3n) is 3.62. The van der Waals surface area contributed by atoms with E-state index in [4.69, 9.17) is 0 Å². The summed E-state index contributed by atoms with van der Waals surface area (Å²) < 4.78 is 0. The van der Waals surface area contributed by atoms with Crippen LogP contribution < -0.4 is 5.23 Å². The van der Waals surface area contributed by atoms with Crippen LogP contribution in [-0.2, 0) is 17.3 Å². The van der Waals surface area contributed by atoms with Crippen molar-refractivity contribution < 1.29 is 10.4 Å². The summed E-state index contributed by atoms with van der Waals surface area (Å²) in [6.45, 7) is 15.0. The summed E-state index contributed by atoms with van der Waals surface area (Å²) in [4.78, 5) is 0. The fourth-order valence-corrected chi connectivity index (χ4v) is 2.45. The van der Waals surface area contributed by atoms with E-state index in [2.05, 4.69) is 54.5 Å². The van der Waals surface area contributed by atoms with Crippen LogP contribution in [0.3, 0.4) is 0 Å². The van der Waals surface area contributed by atoms with Crippen LogP contribution in [0.15, 0.2) is 12.1 Å². The number of rotatable bonds is 3. The van der Waals surface area contributed by atoms with E-state index in [1.165, 1.54) is 5.56 Å². The second kappa shape index (κ2) is 5.74. The van der Waals surface area contributed by atoms with Crippen molar-refractivity contribution in [1.82, 2.24) is 0 Å². The van der Waals surface area contributed by atoms with E-state index < -0.39 is 0 Å². The Kier molecular flexibility index (Phi) is 4.88. The van der Waals surface area contributed by atoms with Crippen molar-refractivity contribution >= 4 is 5.69 Å². The largest absolute Gasteiger partial charge is 0.264 e. The van der Waals surface area contributed by atoms with Crippen LogP contribution in [0, 0.1) is 0 Å². The van der Waals surface area contributed by atoms with Gasteiger partial charge in [0.1, 0.15) is 0 Å². The van der Waals surface area contributed by atoms with Gasteiger partial charge in [0, 0.05) is 0 Å². The standard InChI is InChI=1S/C17H29NO2/c1-8-9-13-14(17(5,6)7)10-12(16(2,3)4)11-15(13)18(19)20/h10-11,19-20H,8-9H2,1-7H3. The van der Waals surface area contributed by atoms with Gasteiger partial charge in [0.2, 0.25) is 0 Å². The molecule has 3 nitrogen and oxygen atoms in total. The first-order valence-electron chi connectivity index (χ1n) is 7.34. The molecule has 0 aromatic heterocycles. The highest BCUT2D eigenvalue weighted by atomic mass is 16.8. The number of anilines is 1. The van der Waals surface area contributed by atoms with Gasteiger partial charge in [0.05, 0.1) is 5.69 Å².